The van der Waals surface area contributed by atoms with Crippen LogP contribution in [0.15, 0.2) is 12.2 Å². The van der Waals surface area contributed by atoms with Crippen molar-refractivity contribution in [2.45, 2.75) is 45.1 Å². The third kappa shape index (κ3) is 4.04. The highest BCUT2D eigenvalue weighted by molar-refractivity contribution is 5.76. The largest absolute Gasteiger partial charge is 0.369 e. The summed E-state index contributed by atoms with van der Waals surface area (Å²) >= 11 is 0. The maximum Gasteiger partial charge on any atom is 0.220 e. The standard InChI is InChI=1S/C12H22N2O/c1-3-9(2)8-14-11-6-4-10(5-7-11)12(13)15/h10-11,14H,2-8H2,1H3,(H2,13,15). The van der Waals surface area contributed by atoms with Gasteiger partial charge in [0.1, 0.15) is 0 Å². The van der Waals surface area contributed by atoms with Crippen molar-refractivity contribution < 1.29 is 4.79 Å². The maximum atomic E-state index is 11.0. The van der Waals surface area contributed by atoms with Gasteiger partial charge in [0.05, 0.1) is 0 Å². The number of rotatable bonds is 5. The third-order valence-electron chi connectivity index (χ3n) is 3.27. The molecule has 1 aliphatic carbocycles. The first-order valence-corrected chi connectivity index (χ1v) is 5.82. The average molecular weight is 210 g/mol. The summed E-state index contributed by atoms with van der Waals surface area (Å²) in [5.74, 6) is -0.0242. The minimum absolute atomic E-state index is 0.109. The van der Waals surface area contributed by atoms with E-state index in [9.17, 15) is 4.79 Å². The van der Waals surface area contributed by atoms with Crippen molar-refractivity contribution in [2.24, 2.45) is 11.7 Å². The topological polar surface area (TPSA) is 55.1 Å². The van der Waals surface area contributed by atoms with E-state index in [0.717, 1.165) is 38.6 Å². The van der Waals surface area contributed by atoms with Crippen LogP contribution in [0, 0.1) is 5.92 Å². The number of nitrogens with two attached hydrogens (primary N) is 1. The van der Waals surface area contributed by atoms with Gasteiger partial charge in [-0.05, 0) is 32.1 Å². The van der Waals surface area contributed by atoms with Gasteiger partial charge in [-0.25, -0.2) is 0 Å². The van der Waals surface area contributed by atoms with E-state index in [0.29, 0.717) is 6.04 Å². The monoisotopic (exact) mass is 210 g/mol. The fraction of sp³-hybridized carbons (Fsp3) is 0.750. The number of carbonyl (C=O) groups excluding carboxylic acids is 1. The Labute approximate surface area is 92.1 Å². The molecule has 0 aromatic carbocycles. The second kappa shape index (κ2) is 5.91. The Balaban J connectivity index is 2.20. The first-order valence-electron chi connectivity index (χ1n) is 5.82. The Hall–Kier alpha value is -0.830. The molecule has 0 atom stereocenters. The highest BCUT2D eigenvalue weighted by atomic mass is 16.1. The zero-order chi connectivity index (χ0) is 11.3. The molecule has 3 heteroatoms. The summed E-state index contributed by atoms with van der Waals surface area (Å²) < 4.78 is 0. The molecule has 0 aromatic heterocycles. The highest BCUT2D eigenvalue weighted by Crippen LogP contribution is 2.23. The van der Waals surface area contributed by atoms with Crippen LogP contribution in [-0.2, 0) is 4.79 Å². The Morgan fingerprint density at radius 1 is 1.40 bits per heavy atom. The summed E-state index contributed by atoms with van der Waals surface area (Å²) in [7, 11) is 0. The van der Waals surface area contributed by atoms with Crippen LogP contribution in [0.2, 0.25) is 0 Å². The van der Waals surface area contributed by atoms with E-state index in [1.807, 2.05) is 0 Å². The Morgan fingerprint density at radius 3 is 2.47 bits per heavy atom. The van der Waals surface area contributed by atoms with Crippen LogP contribution in [0.25, 0.3) is 0 Å². The molecule has 0 aromatic rings. The second-order valence-corrected chi connectivity index (χ2v) is 4.44. The molecule has 0 unspecified atom stereocenters. The first-order chi connectivity index (χ1) is 7.13. The Morgan fingerprint density at radius 2 is 2.00 bits per heavy atom. The first kappa shape index (κ1) is 12.2. The zero-order valence-corrected chi connectivity index (χ0v) is 9.59. The highest BCUT2D eigenvalue weighted by Gasteiger charge is 2.23. The van der Waals surface area contributed by atoms with Gasteiger partial charge in [-0.3, -0.25) is 4.79 Å². The molecule has 1 aliphatic rings. The summed E-state index contributed by atoms with van der Waals surface area (Å²) in [6.45, 7) is 6.99. The molecule has 3 nitrogen and oxygen atoms in total. The number of carbonyl (C=O) groups is 1. The molecule has 86 valence electrons. The van der Waals surface area contributed by atoms with Crippen LogP contribution >= 0.6 is 0 Å². The van der Waals surface area contributed by atoms with Crippen molar-refractivity contribution in [1.29, 1.82) is 0 Å². The van der Waals surface area contributed by atoms with Crippen molar-refractivity contribution in [3.63, 3.8) is 0 Å². The fourth-order valence-corrected chi connectivity index (χ4v) is 2.00. The minimum atomic E-state index is -0.133. The second-order valence-electron chi connectivity index (χ2n) is 4.44. The summed E-state index contributed by atoms with van der Waals surface area (Å²) in [5.41, 5.74) is 6.53. The van der Waals surface area contributed by atoms with Gasteiger partial charge in [-0.2, -0.15) is 0 Å². The molecule has 0 aliphatic heterocycles. The van der Waals surface area contributed by atoms with Crippen LogP contribution < -0.4 is 11.1 Å². The van der Waals surface area contributed by atoms with Crippen molar-refractivity contribution >= 4 is 5.91 Å². The van der Waals surface area contributed by atoms with Crippen LogP contribution in [-0.4, -0.2) is 18.5 Å². The summed E-state index contributed by atoms with van der Waals surface area (Å²) in [4.78, 5) is 11.0. The van der Waals surface area contributed by atoms with E-state index in [1.165, 1.54) is 5.57 Å². The molecule has 1 rings (SSSR count). The van der Waals surface area contributed by atoms with Gasteiger partial charge in [-0.1, -0.05) is 19.1 Å². The summed E-state index contributed by atoms with van der Waals surface area (Å²) in [6, 6.07) is 0.545. The van der Waals surface area contributed by atoms with Crippen LogP contribution in [0.1, 0.15) is 39.0 Å². The smallest absolute Gasteiger partial charge is 0.220 e. The van der Waals surface area contributed by atoms with E-state index in [2.05, 4.69) is 18.8 Å². The molecule has 1 amide bonds. The Bertz CT molecular complexity index is 230. The lowest BCUT2D eigenvalue weighted by molar-refractivity contribution is -0.122. The molecule has 3 N–H and O–H groups in total. The van der Waals surface area contributed by atoms with Crippen LogP contribution in [0.3, 0.4) is 0 Å². The minimum Gasteiger partial charge on any atom is -0.369 e. The third-order valence-corrected chi connectivity index (χ3v) is 3.27. The average Bonchev–Trinajstić information content (AvgIpc) is 2.26. The van der Waals surface area contributed by atoms with Gasteiger partial charge in [0.25, 0.3) is 0 Å². The predicted octanol–water partition coefficient (Wildman–Crippen LogP) is 1.59. The molecule has 0 radical (unpaired) electrons. The molecule has 0 spiro atoms. The Kier molecular flexibility index (Phi) is 4.82. The van der Waals surface area contributed by atoms with Gasteiger partial charge in [-0.15, -0.1) is 0 Å². The molecule has 1 saturated carbocycles. The molecule has 0 saturated heterocycles. The zero-order valence-electron chi connectivity index (χ0n) is 9.59. The van der Waals surface area contributed by atoms with Crippen molar-refractivity contribution in [2.75, 3.05) is 6.54 Å². The van der Waals surface area contributed by atoms with E-state index < -0.39 is 0 Å². The van der Waals surface area contributed by atoms with Gasteiger partial charge >= 0.3 is 0 Å². The summed E-state index contributed by atoms with van der Waals surface area (Å²) in [6.07, 6.45) is 5.02. The predicted molar refractivity (Wildman–Crippen MR) is 62.4 cm³/mol. The number of primary amides is 1. The molecule has 1 fully saturated rings. The number of amides is 1. The fourth-order valence-electron chi connectivity index (χ4n) is 2.00. The van der Waals surface area contributed by atoms with Crippen molar-refractivity contribution in [1.82, 2.24) is 5.32 Å². The molecular formula is C12H22N2O. The van der Waals surface area contributed by atoms with Crippen LogP contribution in [0.4, 0.5) is 0 Å². The number of hydrogen-bond donors (Lipinski definition) is 2. The number of nitrogens with one attached hydrogen (secondary N) is 1. The SMILES string of the molecule is C=C(CC)CNC1CCC(C(N)=O)CC1. The molecule has 15 heavy (non-hydrogen) atoms. The van der Waals surface area contributed by atoms with Crippen molar-refractivity contribution in [3.8, 4) is 0 Å². The lowest BCUT2D eigenvalue weighted by atomic mass is 9.85. The van der Waals surface area contributed by atoms with E-state index in [-0.39, 0.29) is 11.8 Å². The number of hydrogen-bond acceptors (Lipinski definition) is 2. The normalized spacial score (nSPS) is 26.2. The van der Waals surface area contributed by atoms with Gasteiger partial charge < -0.3 is 11.1 Å². The quantitative estimate of drug-likeness (QED) is 0.677. The van der Waals surface area contributed by atoms with E-state index in [4.69, 9.17) is 5.73 Å². The van der Waals surface area contributed by atoms with E-state index >= 15 is 0 Å². The lowest BCUT2D eigenvalue weighted by Crippen LogP contribution is -2.37. The molecular weight excluding hydrogens is 188 g/mol. The van der Waals surface area contributed by atoms with Gasteiger partial charge in [0.15, 0.2) is 0 Å². The van der Waals surface area contributed by atoms with Gasteiger partial charge in [0.2, 0.25) is 5.91 Å². The molecule has 0 heterocycles. The van der Waals surface area contributed by atoms with Crippen molar-refractivity contribution in [3.05, 3.63) is 12.2 Å². The lowest BCUT2D eigenvalue weighted by Gasteiger charge is -2.27. The van der Waals surface area contributed by atoms with E-state index in [1.54, 1.807) is 0 Å². The van der Waals surface area contributed by atoms with Gasteiger partial charge in [0, 0.05) is 18.5 Å². The summed E-state index contributed by atoms with van der Waals surface area (Å²) in [5, 5.41) is 3.48. The molecule has 0 bridgehead atoms. The van der Waals surface area contributed by atoms with Crippen LogP contribution in [0.5, 0.6) is 0 Å². The maximum absolute atomic E-state index is 11.0.